The van der Waals surface area contributed by atoms with Gasteiger partial charge in [0.25, 0.3) is 5.01 Å². The largest absolute Gasteiger partial charge is 0.508 e. The molecule has 0 radical (unpaired) electrons. The van der Waals surface area contributed by atoms with Gasteiger partial charge in [0.1, 0.15) is 17.0 Å². The number of aryl methyl sites for hydroxylation is 1. The topological polar surface area (TPSA) is 24.1 Å². The van der Waals surface area contributed by atoms with Crippen molar-refractivity contribution in [3.8, 4) is 15.5 Å². The normalized spacial score (nSPS) is 11.8. The minimum Gasteiger partial charge on any atom is -0.508 e. The number of phenols is 1. The van der Waals surface area contributed by atoms with Crippen molar-refractivity contribution in [1.29, 1.82) is 0 Å². The number of aromatic nitrogens is 1. The first-order chi connectivity index (χ1) is 12.1. The van der Waals surface area contributed by atoms with Gasteiger partial charge in [-0.2, -0.15) is 4.57 Å². The molecule has 0 fully saturated rings. The van der Waals surface area contributed by atoms with E-state index in [2.05, 4.69) is 70.5 Å². The quantitative estimate of drug-likeness (QED) is 0.254. The Morgan fingerprint density at radius 2 is 1.80 bits per heavy atom. The van der Waals surface area contributed by atoms with Gasteiger partial charge in [0.05, 0.1) is 8.95 Å². The third kappa shape index (κ3) is 3.53. The second-order valence-corrected chi connectivity index (χ2v) is 10.6. The Hall–Kier alpha value is -1.22. The summed E-state index contributed by atoms with van der Waals surface area (Å²) in [5.74, 6) is 0.316. The number of halogens is 1. The highest BCUT2D eigenvalue weighted by Crippen LogP contribution is 2.35. The zero-order chi connectivity index (χ0) is 17.4. The van der Waals surface area contributed by atoms with E-state index >= 15 is 0 Å². The molecular weight excluding hydrogens is 481 g/mol. The molecule has 0 amide bonds. The molecule has 6 heteroatoms. The molecule has 4 aromatic rings. The van der Waals surface area contributed by atoms with Crippen molar-refractivity contribution in [3.05, 3.63) is 55.2 Å². The van der Waals surface area contributed by atoms with Crippen LogP contribution in [-0.4, -0.2) is 5.11 Å². The zero-order valence-electron chi connectivity index (χ0n) is 13.4. The fraction of sp³-hybridized carbons (Fsp3) is 0.105. The number of nitrogens with zero attached hydrogens (tertiary/aromatic N) is 1. The number of phenolic OH excluding ortho intramolecular Hbond substituents is 1. The van der Waals surface area contributed by atoms with Gasteiger partial charge in [-0.15, -0.1) is 22.7 Å². The lowest BCUT2D eigenvalue weighted by Crippen LogP contribution is -2.33. The van der Waals surface area contributed by atoms with E-state index in [1.165, 1.54) is 27.2 Å². The van der Waals surface area contributed by atoms with E-state index in [4.69, 9.17) is 0 Å². The van der Waals surface area contributed by atoms with Gasteiger partial charge < -0.3 is 5.11 Å². The highest BCUT2D eigenvalue weighted by Gasteiger charge is 2.17. The van der Waals surface area contributed by atoms with Crippen LogP contribution in [0.4, 0.5) is 0 Å². The molecule has 0 unspecified atom stereocenters. The van der Waals surface area contributed by atoms with Gasteiger partial charge >= 0.3 is 0 Å². The highest BCUT2D eigenvalue weighted by molar-refractivity contribution is 14.1. The molecule has 1 N–H and O–H groups in total. The smallest absolute Gasteiger partial charge is 0.262 e. The predicted molar refractivity (Wildman–Crippen MR) is 119 cm³/mol. The van der Waals surface area contributed by atoms with Crippen molar-refractivity contribution in [1.82, 2.24) is 0 Å². The minimum absolute atomic E-state index is 0.316. The number of benzene rings is 1. The van der Waals surface area contributed by atoms with Crippen LogP contribution in [0.25, 0.3) is 32.1 Å². The van der Waals surface area contributed by atoms with Crippen molar-refractivity contribution in [3.63, 3.8) is 0 Å². The summed E-state index contributed by atoms with van der Waals surface area (Å²) in [4.78, 5) is 3.90. The molecule has 0 atom stereocenters. The van der Waals surface area contributed by atoms with Gasteiger partial charge in [-0.05, 0) is 72.0 Å². The van der Waals surface area contributed by atoms with Crippen LogP contribution in [0.15, 0.2) is 42.5 Å². The van der Waals surface area contributed by atoms with Gasteiger partial charge in [-0.1, -0.05) is 11.3 Å². The Bertz CT molecular complexity index is 1070. The number of hydrogen-bond acceptors (Lipinski definition) is 4. The van der Waals surface area contributed by atoms with Gasteiger partial charge in [0.2, 0.25) is 5.52 Å². The molecule has 0 spiro atoms. The summed E-state index contributed by atoms with van der Waals surface area (Å²) in [7, 11) is 0. The van der Waals surface area contributed by atoms with Gasteiger partial charge in [0.15, 0.2) is 0 Å². The Morgan fingerprint density at radius 3 is 2.56 bits per heavy atom. The Kier molecular flexibility index (Phi) is 4.95. The average molecular weight is 496 g/mol. The van der Waals surface area contributed by atoms with Crippen molar-refractivity contribution < 1.29 is 9.67 Å². The summed E-state index contributed by atoms with van der Waals surface area (Å²) in [6.07, 6.45) is 4.36. The molecule has 4 rings (SSSR count). The summed E-state index contributed by atoms with van der Waals surface area (Å²) in [5, 5.41) is 11.0. The standard InChI is InChI=1S/C19H14INOS3/c1-2-21-14-11-12(22)3-6-15(14)25-19(21)10-5-13-4-7-16(23-13)17-8-9-18(20)24-17/h3-11H,2H2,1H3/p+1/b10-5+. The van der Waals surface area contributed by atoms with Crippen LogP contribution in [-0.2, 0) is 6.54 Å². The summed E-state index contributed by atoms with van der Waals surface area (Å²) in [6, 6.07) is 14.3. The van der Waals surface area contributed by atoms with Crippen molar-refractivity contribution in [2.24, 2.45) is 0 Å². The molecule has 126 valence electrons. The third-order valence-electron chi connectivity index (χ3n) is 3.86. The van der Waals surface area contributed by atoms with E-state index in [1.54, 1.807) is 17.4 Å². The fourth-order valence-electron chi connectivity index (χ4n) is 2.71. The van der Waals surface area contributed by atoms with E-state index in [0.29, 0.717) is 5.75 Å². The average Bonchev–Trinajstić information content (AvgIpc) is 3.30. The van der Waals surface area contributed by atoms with Crippen molar-refractivity contribution >= 4 is 79.0 Å². The summed E-state index contributed by atoms with van der Waals surface area (Å²) in [5.41, 5.74) is 1.09. The zero-order valence-corrected chi connectivity index (χ0v) is 18.0. The number of thiazole rings is 1. The van der Waals surface area contributed by atoms with Crippen LogP contribution in [0.5, 0.6) is 5.75 Å². The lowest BCUT2D eigenvalue weighted by atomic mass is 10.3. The van der Waals surface area contributed by atoms with E-state index in [9.17, 15) is 5.11 Å². The summed E-state index contributed by atoms with van der Waals surface area (Å²) < 4.78 is 4.75. The molecule has 3 aromatic heterocycles. The lowest BCUT2D eigenvalue weighted by Gasteiger charge is -1.92. The number of hydrogen-bond donors (Lipinski definition) is 1. The third-order valence-corrected chi connectivity index (χ3v) is 8.13. The Morgan fingerprint density at radius 1 is 1.00 bits per heavy atom. The van der Waals surface area contributed by atoms with E-state index in [0.717, 1.165) is 12.1 Å². The lowest BCUT2D eigenvalue weighted by molar-refractivity contribution is -0.665. The first-order valence-electron chi connectivity index (χ1n) is 7.83. The first-order valence-corrected chi connectivity index (χ1v) is 11.4. The highest BCUT2D eigenvalue weighted by atomic mass is 127. The molecule has 3 heterocycles. The molecule has 0 aliphatic heterocycles. The molecule has 2 nitrogen and oxygen atoms in total. The molecule has 0 aliphatic rings. The maximum absolute atomic E-state index is 9.76. The summed E-state index contributed by atoms with van der Waals surface area (Å²) in [6.45, 7) is 3.02. The molecule has 0 saturated carbocycles. The maximum atomic E-state index is 9.76. The van der Waals surface area contributed by atoms with Crippen LogP contribution in [0, 0.1) is 2.88 Å². The molecule has 25 heavy (non-hydrogen) atoms. The molecule has 0 aliphatic carbocycles. The monoisotopic (exact) mass is 496 g/mol. The first kappa shape index (κ1) is 17.2. The fourth-order valence-corrected chi connectivity index (χ4v) is 6.45. The van der Waals surface area contributed by atoms with Crippen LogP contribution in [0.1, 0.15) is 16.8 Å². The molecule has 0 saturated heterocycles. The van der Waals surface area contributed by atoms with Gasteiger partial charge in [-0.25, -0.2) is 0 Å². The Balaban J connectivity index is 1.66. The van der Waals surface area contributed by atoms with E-state index in [-0.39, 0.29) is 0 Å². The van der Waals surface area contributed by atoms with Crippen molar-refractivity contribution in [2.45, 2.75) is 13.5 Å². The second kappa shape index (κ2) is 7.19. The van der Waals surface area contributed by atoms with Crippen LogP contribution >= 0.6 is 56.6 Å². The minimum atomic E-state index is 0.316. The molecule has 0 bridgehead atoms. The van der Waals surface area contributed by atoms with Gasteiger partial charge in [-0.3, -0.25) is 0 Å². The SMILES string of the molecule is CC[n+]1c(/C=C/c2ccc(-c3ccc(I)s3)s2)sc2ccc(O)cc21. The Labute approximate surface area is 171 Å². The van der Waals surface area contributed by atoms with E-state index in [1.807, 2.05) is 34.8 Å². The molecular formula is C19H15INOS3+. The number of rotatable bonds is 4. The van der Waals surface area contributed by atoms with Crippen LogP contribution in [0.3, 0.4) is 0 Å². The predicted octanol–water partition coefficient (Wildman–Crippen LogP) is 6.48. The van der Waals surface area contributed by atoms with Gasteiger partial charge in [0, 0.05) is 20.7 Å². The van der Waals surface area contributed by atoms with Crippen molar-refractivity contribution in [2.75, 3.05) is 0 Å². The van der Waals surface area contributed by atoms with Crippen LogP contribution in [0.2, 0.25) is 0 Å². The number of fused-ring (bicyclic) bond motifs is 1. The number of thiophene rings is 2. The summed E-state index contributed by atoms with van der Waals surface area (Å²) >= 11 is 7.76. The van der Waals surface area contributed by atoms with E-state index < -0.39 is 0 Å². The van der Waals surface area contributed by atoms with Crippen LogP contribution < -0.4 is 4.57 Å². The number of aromatic hydroxyl groups is 1. The molecule has 1 aromatic carbocycles. The second-order valence-electron chi connectivity index (χ2n) is 5.48. The maximum Gasteiger partial charge on any atom is 0.262 e.